The van der Waals surface area contributed by atoms with Gasteiger partial charge < -0.3 is 4.74 Å². The standard InChI is InChI=1S/C17H26O2/c1-2-9-17(18)12-7-4-8-14-19-15-13-16-10-5-3-6-11-16/h3,5-6,10-11H,2,4,7-9,12-15H2,1H3. The van der Waals surface area contributed by atoms with Crippen molar-refractivity contribution in [2.45, 2.75) is 51.9 Å². The lowest BCUT2D eigenvalue weighted by Gasteiger charge is -2.04. The van der Waals surface area contributed by atoms with E-state index in [2.05, 4.69) is 31.2 Å². The van der Waals surface area contributed by atoms with Crippen molar-refractivity contribution < 1.29 is 9.53 Å². The Morgan fingerprint density at radius 3 is 2.53 bits per heavy atom. The van der Waals surface area contributed by atoms with Crippen LogP contribution < -0.4 is 0 Å². The van der Waals surface area contributed by atoms with Gasteiger partial charge in [0.1, 0.15) is 5.78 Å². The number of Topliss-reactive ketones (excluding diaryl/α,β-unsaturated/α-hetero) is 1. The van der Waals surface area contributed by atoms with E-state index in [4.69, 9.17) is 4.74 Å². The van der Waals surface area contributed by atoms with Crippen LogP contribution in [-0.4, -0.2) is 19.0 Å². The van der Waals surface area contributed by atoms with Gasteiger partial charge in [-0.2, -0.15) is 0 Å². The monoisotopic (exact) mass is 262 g/mol. The second-order valence-corrected chi connectivity index (χ2v) is 4.95. The molecule has 0 N–H and O–H groups in total. The van der Waals surface area contributed by atoms with E-state index in [-0.39, 0.29) is 0 Å². The van der Waals surface area contributed by atoms with Crippen LogP contribution in [-0.2, 0) is 16.0 Å². The Balaban J connectivity index is 1.88. The molecule has 1 aromatic carbocycles. The number of hydrogen-bond donors (Lipinski definition) is 0. The Labute approximate surface area is 117 Å². The summed E-state index contributed by atoms with van der Waals surface area (Å²) in [6.45, 7) is 3.66. The van der Waals surface area contributed by atoms with Gasteiger partial charge in [0.2, 0.25) is 0 Å². The third kappa shape index (κ3) is 8.55. The Kier molecular flexibility index (Phi) is 8.99. The first kappa shape index (κ1) is 15.9. The predicted molar refractivity (Wildman–Crippen MR) is 79.3 cm³/mol. The molecule has 0 saturated heterocycles. The molecule has 0 saturated carbocycles. The molecule has 19 heavy (non-hydrogen) atoms. The normalized spacial score (nSPS) is 10.6. The minimum atomic E-state index is 0.410. The lowest BCUT2D eigenvalue weighted by molar-refractivity contribution is -0.119. The molecular weight excluding hydrogens is 236 g/mol. The van der Waals surface area contributed by atoms with E-state index >= 15 is 0 Å². The van der Waals surface area contributed by atoms with Crippen molar-refractivity contribution in [3.63, 3.8) is 0 Å². The number of hydrogen-bond acceptors (Lipinski definition) is 2. The molecule has 2 nitrogen and oxygen atoms in total. The highest BCUT2D eigenvalue weighted by molar-refractivity contribution is 5.78. The number of benzene rings is 1. The van der Waals surface area contributed by atoms with Gasteiger partial charge in [-0.1, -0.05) is 43.7 Å². The van der Waals surface area contributed by atoms with Crippen molar-refractivity contribution in [2.24, 2.45) is 0 Å². The summed E-state index contributed by atoms with van der Waals surface area (Å²) in [6, 6.07) is 10.4. The van der Waals surface area contributed by atoms with E-state index in [9.17, 15) is 4.79 Å². The Morgan fingerprint density at radius 1 is 1.00 bits per heavy atom. The molecule has 1 aromatic rings. The van der Waals surface area contributed by atoms with Gasteiger partial charge in [-0.05, 0) is 31.2 Å². The zero-order valence-corrected chi connectivity index (χ0v) is 12.1. The number of ketones is 1. The van der Waals surface area contributed by atoms with Gasteiger partial charge in [-0.25, -0.2) is 0 Å². The quantitative estimate of drug-likeness (QED) is 0.559. The minimum Gasteiger partial charge on any atom is -0.381 e. The fourth-order valence-corrected chi connectivity index (χ4v) is 2.04. The van der Waals surface area contributed by atoms with Crippen LogP contribution in [0.1, 0.15) is 51.0 Å². The fraction of sp³-hybridized carbons (Fsp3) is 0.588. The highest BCUT2D eigenvalue weighted by Gasteiger charge is 1.99. The van der Waals surface area contributed by atoms with E-state index in [1.54, 1.807) is 0 Å². The van der Waals surface area contributed by atoms with Crippen LogP contribution in [0.2, 0.25) is 0 Å². The van der Waals surface area contributed by atoms with Crippen LogP contribution in [0, 0.1) is 0 Å². The van der Waals surface area contributed by atoms with Gasteiger partial charge in [0.15, 0.2) is 0 Å². The van der Waals surface area contributed by atoms with Crippen molar-refractivity contribution in [3.05, 3.63) is 35.9 Å². The SMILES string of the molecule is CCCC(=O)CCCCCOCCc1ccccc1. The lowest BCUT2D eigenvalue weighted by atomic mass is 10.1. The summed E-state index contributed by atoms with van der Waals surface area (Å²) in [7, 11) is 0. The second kappa shape index (κ2) is 10.7. The molecule has 0 aliphatic carbocycles. The summed E-state index contributed by atoms with van der Waals surface area (Å²) < 4.78 is 5.61. The second-order valence-electron chi connectivity index (χ2n) is 4.95. The van der Waals surface area contributed by atoms with Crippen LogP contribution in [0.25, 0.3) is 0 Å². The molecule has 106 valence electrons. The topological polar surface area (TPSA) is 26.3 Å². The predicted octanol–water partition coefficient (Wildman–Crippen LogP) is 4.18. The summed E-state index contributed by atoms with van der Waals surface area (Å²) in [5.41, 5.74) is 1.33. The summed E-state index contributed by atoms with van der Waals surface area (Å²) in [5, 5.41) is 0. The van der Waals surface area contributed by atoms with Crippen LogP contribution in [0.4, 0.5) is 0 Å². The van der Waals surface area contributed by atoms with Crippen LogP contribution in [0.5, 0.6) is 0 Å². The number of unbranched alkanes of at least 4 members (excludes halogenated alkanes) is 2. The molecule has 0 fully saturated rings. The van der Waals surface area contributed by atoms with Gasteiger partial charge in [-0.15, -0.1) is 0 Å². The molecule has 0 spiro atoms. The fourth-order valence-electron chi connectivity index (χ4n) is 2.04. The van der Waals surface area contributed by atoms with E-state index in [1.807, 2.05) is 6.07 Å². The third-order valence-electron chi connectivity index (χ3n) is 3.15. The number of carbonyl (C=O) groups is 1. The van der Waals surface area contributed by atoms with E-state index < -0.39 is 0 Å². The van der Waals surface area contributed by atoms with Crippen LogP contribution in [0.3, 0.4) is 0 Å². The Bertz CT molecular complexity index is 332. The molecule has 0 radical (unpaired) electrons. The molecule has 0 bridgehead atoms. The van der Waals surface area contributed by atoms with Crippen molar-refractivity contribution in [2.75, 3.05) is 13.2 Å². The first-order valence-electron chi connectivity index (χ1n) is 7.46. The average molecular weight is 262 g/mol. The van der Waals surface area contributed by atoms with Gasteiger partial charge in [0.25, 0.3) is 0 Å². The highest BCUT2D eigenvalue weighted by Crippen LogP contribution is 2.05. The van der Waals surface area contributed by atoms with Crippen molar-refractivity contribution >= 4 is 5.78 Å². The zero-order valence-electron chi connectivity index (χ0n) is 12.1. The van der Waals surface area contributed by atoms with Gasteiger partial charge in [0.05, 0.1) is 6.61 Å². The van der Waals surface area contributed by atoms with Crippen LogP contribution in [0.15, 0.2) is 30.3 Å². The van der Waals surface area contributed by atoms with Crippen molar-refractivity contribution in [1.82, 2.24) is 0 Å². The number of carbonyl (C=O) groups excluding carboxylic acids is 1. The molecule has 0 amide bonds. The average Bonchev–Trinajstić information content (AvgIpc) is 2.43. The smallest absolute Gasteiger partial charge is 0.132 e. The van der Waals surface area contributed by atoms with Gasteiger partial charge >= 0.3 is 0 Å². The van der Waals surface area contributed by atoms with Crippen molar-refractivity contribution in [1.29, 1.82) is 0 Å². The Hall–Kier alpha value is -1.15. The Morgan fingerprint density at radius 2 is 1.79 bits per heavy atom. The molecule has 0 atom stereocenters. The summed E-state index contributed by atoms with van der Waals surface area (Å²) in [6.07, 6.45) is 6.62. The maximum atomic E-state index is 11.3. The van der Waals surface area contributed by atoms with E-state index in [1.165, 1.54) is 5.56 Å². The molecule has 0 aliphatic rings. The first-order chi connectivity index (χ1) is 9.33. The molecule has 0 unspecified atom stereocenters. The largest absolute Gasteiger partial charge is 0.381 e. The first-order valence-corrected chi connectivity index (χ1v) is 7.46. The van der Waals surface area contributed by atoms with E-state index in [0.717, 1.165) is 58.2 Å². The van der Waals surface area contributed by atoms with Gasteiger partial charge in [-0.3, -0.25) is 4.79 Å². The lowest BCUT2D eigenvalue weighted by Crippen LogP contribution is -2.01. The zero-order chi connectivity index (χ0) is 13.8. The summed E-state index contributed by atoms with van der Waals surface area (Å²) in [5.74, 6) is 0.410. The summed E-state index contributed by atoms with van der Waals surface area (Å²) in [4.78, 5) is 11.3. The molecule has 2 heteroatoms. The number of rotatable bonds is 11. The molecule has 1 rings (SSSR count). The van der Waals surface area contributed by atoms with Gasteiger partial charge in [0, 0.05) is 19.4 Å². The molecule has 0 aromatic heterocycles. The molecule has 0 aliphatic heterocycles. The number of ether oxygens (including phenoxy) is 1. The van der Waals surface area contributed by atoms with Crippen LogP contribution >= 0.6 is 0 Å². The molecule has 0 heterocycles. The highest BCUT2D eigenvalue weighted by atomic mass is 16.5. The maximum Gasteiger partial charge on any atom is 0.132 e. The maximum absolute atomic E-state index is 11.3. The molecular formula is C17H26O2. The summed E-state index contributed by atoms with van der Waals surface area (Å²) >= 11 is 0. The van der Waals surface area contributed by atoms with E-state index in [0.29, 0.717) is 5.78 Å². The minimum absolute atomic E-state index is 0.410. The van der Waals surface area contributed by atoms with Crippen molar-refractivity contribution in [3.8, 4) is 0 Å². The third-order valence-corrected chi connectivity index (χ3v) is 3.15.